The number of ether oxygens (including phenoxy) is 2. The highest BCUT2D eigenvalue weighted by Crippen LogP contribution is 2.09. The molecule has 15 heavy (non-hydrogen) atoms. The fraction of sp³-hybridized carbons (Fsp3) is 0.364. The average Bonchev–Trinajstić information content (AvgIpc) is 2.29. The van der Waals surface area contributed by atoms with Crippen LogP contribution in [0.1, 0.15) is 10.4 Å². The highest BCUT2D eigenvalue weighted by Gasteiger charge is 2.03. The molecule has 0 atom stereocenters. The molecule has 0 saturated heterocycles. The Kier molecular flexibility index (Phi) is 4.63. The minimum atomic E-state index is -0.321. The Hall–Kier alpha value is -1.55. The van der Waals surface area contributed by atoms with Gasteiger partial charge in [0.15, 0.2) is 0 Å². The third kappa shape index (κ3) is 3.59. The number of nitrogens with one attached hydrogen (secondary N) is 1. The fourth-order valence-electron chi connectivity index (χ4n) is 1.14. The van der Waals surface area contributed by atoms with Crippen LogP contribution in [0.2, 0.25) is 0 Å². The first-order valence-corrected chi connectivity index (χ1v) is 4.69. The Labute approximate surface area is 89.2 Å². The van der Waals surface area contributed by atoms with Gasteiger partial charge < -0.3 is 14.8 Å². The van der Waals surface area contributed by atoms with E-state index in [1.807, 2.05) is 12.1 Å². The van der Waals surface area contributed by atoms with Crippen molar-refractivity contribution in [1.29, 1.82) is 0 Å². The number of carbonyl (C=O) groups excluding carboxylic acids is 1. The van der Waals surface area contributed by atoms with Gasteiger partial charge in [0.25, 0.3) is 0 Å². The maximum absolute atomic E-state index is 11.1. The molecule has 0 bridgehead atoms. The van der Waals surface area contributed by atoms with Crippen LogP contribution in [0.3, 0.4) is 0 Å². The van der Waals surface area contributed by atoms with E-state index < -0.39 is 0 Å². The summed E-state index contributed by atoms with van der Waals surface area (Å²) in [5.41, 5.74) is 1.51. The highest BCUT2D eigenvalue weighted by atomic mass is 16.5. The summed E-state index contributed by atoms with van der Waals surface area (Å²) in [6.45, 7) is 1.40. The number of anilines is 1. The summed E-state index contributed by atoms with van der Waals surface area (Å²) >= 11 is 0. The molecule has 0 radical (unpaired) electrons. The van der Waals surface area contributed by atoms with Gasteiger partial charge in [-0.1, -0.05) is 0 Å². The molecule has 1 aromatic rings. The average molecular weight is 209 g/mol. The van der Waals surface area contributed by atoms with Crippen molar-refractivity contribution in [2.24, 2.45) is 0 Å². The van der Waals surface area contributed by atoms with Crippen molar-refractivity contribution in [3.05, 3.63) is 29.8 Å². The van der Waals surface area contributed by atoms with E-state index in [-0.39, 0.29) is 5.97 Å². The van der Waals surface area contributed by atoms with Gasteiger partial charge in [0.2, 0.25) is 0 Å². The van der Waals surface area contributed by atoms with Crippen molar-refractivity contribution >= 4 is 11.7 Å². The summed E-state index contributed by atoms with van der Waals surface area (Å²) in [6, 6.07) is 7.12. The molecule has 0 aromatic heterocycles. The molecular weight excluding hydrogens is 194 g/mol. The van der Waals surface area contributed by atoms with E-state index in [0.717, 1.165) is 12.2 Å². The second-order valence-corrected chi connectivity index (χ2v) is 2.99. The molecule has 0 aliphatic heterocycles. The van der Waals surface area contributed by atoms with Gasteiger partial charge in [-0.05, 0) is 24.3 Å². The van der Waals surface area contributed by atoms with Crippen molar-refractivity contribution in [2.45, 2.75) is 0 Å². The van der Waals surface area contributed by atoms with Crippen LogP contribution in [-0.4, -0.2) is 33.3 Å². The van der Waals surface area contributed by atoms with Crippen LogP contribution in [0.4, 0.5) is 5.69 Å². The minimum Gasteiger partial charge on any atom is -0.465 e. The van der Waals surface area contributed by atoms with E-state index in [1.165, 1.54) is 7.11 Å². The quantitative estimate of drug-likeness (QED) is 0.590. The first kappa shape index (κ1) is 11.5. The zero-order valence-electron chi connectivity index (χ0n) is 8.95. The molecule has 4 nitrogen and oxygen atoms in total. The SMILES string of the molecule is COCCNc1ccc(C(=O)OC)cc1. The number of rotatable bonds is 5. The molecule has 0 aliphatic carbocycles. The van der Waals surface area contributed by atoms with E-state index in [1.54, 1.807) is 19.2 Å². The third-order valence-electron chi connectivity index (χ3n) is 1.94. The smallest absolute Gasteiger partial charge is 0.337 e. The summed E-state index contributed by atoms with van der Waals surface area (Å²) in [6.07, 6.45) is 0. The first-order chi connectivity index (χ1) is 7.27. The zero-order chi connectivity index (χ0) is 11.1. The van der Waals surface area contributed by atoms with Gasteiger partial charge in [0.1, 0.15) is 0 Å². The van der Waals surface area contributed by atoms with Crippen molar-refractivity contribution in [3.8, 4) is 0 Å². The minimum absolute atomic E-state index is 0.321. The number of hydrogen-bond acceptors (Lipinski definition) is 4. The Balaban J connectivity index is 2.52. The summed E-state index contributed by atoms with van der Waals surface area (Å²) in [5, 5.41) is 3.15. The van der Waals surface area contributed by atoms with Gasteiger partial charge in [0.05, 0.1) is 19.3 Å². The van der Waals surface area contributed by atoms with E-state index in [9.17, 15) is 4.79 Å². The number of hydrogen-bond donors (Lipinski definition) is 1. The first-order valence-electron chi connectivity index (χ1n) is 4.69. The van der Waals surface area contributed by atoms with Gasteiger partial charge in [-0.15, -0.1) is 0 Å². The highest BCUT2D eigenvalue weighted by molar-refractivity contribution is 5.89. The van der Waals surface area contributed by atoms with Crippen molar-refractivity contribution < 1.29 is 14.3 Å². The topological polar surface area (TPSA) is 47.6 Å². The molecule has 82 valence electrons. The lowest BCUT2D eigenvalue weighted by Gasteiger charge is -2.05. The second kappa shape index (κ2) is 6.03. The lowest BCUT2D eigenvalue weighted by Crippen LogP contribution is -2.08. The fourth-order valence-corrected chi connectivity index (χ4v) is 1.14. The molecule has 0 aliphatic rings. The number of methoxy groups -OCH3 is 2. The van der Waals surface area contributed by atoms with Gasteiger partial charge >= 0.3 is 5.97 Å². The zero-order valence-corrected chi connectivity index (χ0v) is 8.95. The summed E-state index contributed by atoms with van der Waals surface area (Å²) in [4.78, 5) is 11.1. The van der Waals surface area contributed by atoms with Crippen LogP contribution >= 0.6 is 0 Å². The number of benzene rings is 1. The third-order valence-corrected chi connectivity index (χ3v) is 1.94. The number of carbonyl (C=O) groups is 1. The molecule has 1 aromatic carbocycles. The summed E-state index contributed by atoms with van der Waals surface area (Å²) in [5.74, 6) is -0.321. The van der Waals surface area contributed by atoms with Crippen molar-refractivity contribution in [2.75, 3.05) is 32.7 Å². The molecule has 0 unspecified atom stereocenters. The van der Waals surface area contributed by atoms with Crippen molar-refractivity contribution in [3.63, 3.8) is 0 Å². The number of esters is 1. The van der Waals surface area contributed by atoms with Crippen LogP contribution in [0.15, 0.2) is 24.3 Å². The molecule has 0 saturated carbocycles. The largest absolute Gasteiger partial charge is 0.465 e. The lowest BCUT2D eigenvalue weighted by molar-refractivity contribution is 0.0601. The predicted molar refractivity (Wildman–Crippen MR) is 58.1 cm³/mol. The molecule has 4 heteroatoms. The maximum atomic E-state index is 11.1. The van der Waals surface area contributed by atoms with Crippen LogP contribution < -0.4 is 5.32 Å². The molecule has 0 spiro atoms. The van der Waals surface area contributed by atoms with Crippen molar-refractivity contribution in [1.82, 2.24) is 0 Å². The Bertz CT molecular complexity index is 308. The Morgan fingerprint density at radius 2 is 1.93 bits per heavy atom. The summed E-state index contributed by atoms with van der Waals surface area (Å²) < 4.78 is 9.50. The Morgan fingerprint density at radius 3 is 2.47 bits per heavy atom. The maximum Gasteiger partial charge on any atom is 0.337 e. The molecular formula is C11H15NO3. The van der Waals surface area contributed by atoms with Gasteiger partial charge in [-0.3, -0.25) is 0 Å². The van der Waals surface area contributed by atoms with Gasteiger partial charge in [-0.25, -0.2) is 4.79 Å². The predicted octanol–water partition coefficient (Wildman–Crippen LogP) is 1.53. The standard InChI is InChI=1S/C11H15NO3/c1-14-8-7-12-10-5-3-9(4-6-10)11(13)15-2/h3-6,12H,7-8H2,1-2H3. The monoisotopic (exact) mass is 209 g/mol. The second-order valence-electron chi connectivity index (χ2n) is 2.99. The molecule has 0 fully saturated rings. The summed E-state index contributed by atoms with van der Waals surface area (Å²) in [7, 11) is 3.02. The normalized spacial score (nSPS) is 9.73. The molecule has 1 N–H and O–H groups in total. The van der Waals surface area contributed by atoms with E-state index >= 15 is 0 Å². The molecule has 1 rings (SSSR count). The van der Waals surface area contributed by atoms with Crippen LogP contribution in [-0.2, 0) is 9.47 Å². The van der Waals surface area contributed by atoms with Crippen LogP contribution in [0.25, 0.3) is 0 Å². The van der Waals surface area contributed by atoms with Gasteiger partial charge in [0, 0.05) is 19.3 Å². The lowest BCUT2D eigenvalue weighted by atomic mass is 10.2. The molecule has 0 amide bonds. The molecule has 0 heterocycles. The van der Waals surface area contributed by atoms with E-state index in [4.69, 9.17) is 4.74 Å². The van der Waals surface area contributed by atoms with Gasteiger partial charge in [-0.2, -0.15) is 0 Å². The Morgan fingerprint density at radius 1 is 1.27 bits per heavy atom. The van der Waals surface area contributed by atoms with Crippen LogP contribution in [0, 0.1) is 0 Å². The van der Waals surface area contributed by atoms with E-state index in [2.05, 4.69) is 10.1 Å². The van der Waals surface area contributed by atoms with E-state index in [0.29, 0.717) is 12.2 Å². The van der Waals surface area contributed by atoms with Crippen LogP contribution in [0.5, 0.6) is 0 Å².